The molecular weight excluding hydrogens is 258 g/mol. The predicted molar refractivity (Wildman–Crippen MR) is 87.3 cm³/mol. The Kier molecular flexibility index (Phi) is 4.70. The minimum absolute atomic E-state index is 0.176. The molecule has 1 aromatic carbocycles. The molecule has 0 aliphatic carbocycles. The van der Waals surface area contributed by atoms with Crippen molar-refractivity contribution in [1.29, 1.82) is 5.26 Å². The first-order chi connectivity index (χ1) is 9.85. The van der Waals surface area contributed by atoms with E-state index >= 15 is 0 Å². The summed E-state index contributed by atoms with van der Waals surface area (Å²) in [6.45, 7) is 12.6. The van der Waals surface area contributed by atoms with E-state index in [1.165, 1.54) is 11.1 Å². The quantitative estimate of drug-likeness (QED) is 0.928. The maximum Gasteiger partial charge on any atom is 0.110 e. The minimum atomic E-state index is -0.411. The van der Waals surface area contributed by atoms with Crippen LogP contribution in [0, 0.1) is 11.3 Å². The van der Waals surface area contributed by atoms with Gasteiger partial charge < -0.3 is 5.32 Å². The molecule has 0 radical (unpaired) electrons. The number of benzene rings is 1. The normalized spacial score (nSPS) is 19.8. The zero-order chi connectivity index (χ0) is 15.5. The van der Waals surface area contributed by atoms with Gasteiger partial charge in [-0.3, -0.25) is 4.90 Å². The molecular formula is C18H27N3. The van der Waals surface area contributed by atoms with Gasteiger partial charge in [-0.25, -0.2) is 0 Å². The van der Waals surface area contributed by atoms with Gasteiger partial charge in [-0.2, -0.15) is 5.26 Å². The summed E-state index contributed by atoms with van der Waals surface area (Å²) in [6, 6.07) is 11.3. The van der Waals surface area contributed by atoms with E-state index in [-0.39, 0.29) is 5.41 Å². The molecule has 3 heteroatoms. The molecule has 0 aromatic heterocycles. The Labute approximate surface area is 129 Å². The second kappa shape index (κ2) is 6.17. The van der Waals surface area contributed by atoms with E-state index in [4.69, 9.17) is 0 Å². The van der Waals surface area contributed by atoms with E-state index in [1.807, 2.05) is 0 Å². The summed E-state index contributed by atoms with van der Waals surface area (Å²) in [5, 5.41) is 13.0. The van der Waals surface area contributed by atoms with E-state index in [0.29, 0.717) is 0 Å². The number of nitriles is 1. The molecule has 1 aromatic rings. The lowest BCUT2D eigenvalue weighted by molar-refractivity contribution is 0.132. The van der Waals surface area contributed by atoms with Gasteiger partial charge in [0.05, 0.1) is 6.07 Å². The third-order valence-electron chi connectivity index (χ3n) is 4.42. The molecule has 1 atom stereocenters. The first-order valence-corrected chi connectivity index (χ1v) is 7.82. The van der Waals surface area contributed by atoms with Crippen LogP contribution in [0.5, 0.6) is 0 Å². The van der Waals surface area contributed by atoms with Crippen molar-refractivity contribution in [2.75, 3.05) is 26.2 Å². The number of piperazine rings is 1. The van der Waals surface area contributed by atoms with Crippen LogP contribution in [0.3, 0.4) is 0 Å². The van der Waals surface area contributed by atoms with Crippen LogP contribution in [0.4, 0.5) is 0 Å². The van der Waals surface area contributed by atoms with Crippen molar-refractivity contribution >= 4 is 0 Å². The van der Waals surface area contributed by atoms with Crippen molar-refractivity contribution in [2.45, 2.75) is 45.1 Å². The Hall–Kier alpha value is -1.37. The summed E-state index contributed by atoms with van der Waals surface area (Å²) in [7, 11) is 0. The SMILES string of the molecule is CC(C)(C)c1ccc(CC(C)(C#N)N2CCNCC2)cc1. The summed E-state index contributed by atoms with van der Waals surface area (Å²) in [6.07, 6.45) is 0.786. The van der Waals surface area contributed by atoms with Crippen LogP contribution in [0.25, 0.3) is 0 Å². The molecule has 0 spiro atoms. The second-order valence-corrected chi connectivity index (χ2v) is 7.25. The van der Waals surface area contributed by atoms with Crippen molar-refractivity contribution < 1.29 is 0 Å². The van der Waals surface area contributed by atoms with Gasteiger partial charge in [0.25, 0.3) is 0 Å². The number of hydrogen-bond donors (Lipinski definition) is 1. The fourth-order valence-corrected chi connectivity index (χ4v) is 2.90. The van der Waals surface area contributed by atoms with Crippen molar-refractivity contribution in [3.05, 3.63) is 35.4 Å². The summed E-state index contributed by atoms with van der Waals surface area (Å²) in [5.41, 5.74) is 2.35. The lowest BCUT2D eigenvalue weighted by Gasteiger charge is -2.39. The Bertz CT molecular complexity index is 501. The van der Waals surface area contributed by atoms with Crippen LogP contribution in [-0.4, -0.2) is 36.6 Å². The average molecular weight is 285 g/mol. The molecule has 1 heterocycles. The third kappa shape index (κ3) is 3.84. The van der Waals surface area contributed by atoms with Gasteiger partial charge in [0, 0.05) is 32.6 Å². The molecule has 1 N–H and O–H groups in total. The highest BCUT2D eigenvalue weighted by Gasteiger charge is 2.32. The summed E-state index contributed by atoms with van der Waals surface area (Å²) >= 11 is 0. The van der Waals surface area contributed by atoms with Crippen LogP contribution >= 0.6 is 0 Å². The van der Waals surface area contributed by atoms with Gasteiger partial charge in [0.15, 0.2) is 0 Å². The lowest BCUT2D eigenvalue weighted by Crippen LogP contribution is -2.55. The van der Waals surface area contributed by atoms with Crippen LogP contribution in [-0.2, 0) is 11.8 Å². The zero-order valence-electron chi connectivity index (χ0n) is 13.7. The van der Waals surface area contributed by atoms with Crippen molar-refractivity contribution in [1.82, 2.24) is 10.2 Å². The van der Waals surface area contributed by atoms with Gasteiger partial charge in [0.2, 0.25) is 0 Å². The lowest BCUT2D eigenvalue weighted by atomic mass is 9.85. The van der Waals surface area contributed by atoms with Crippen molar-refractivity contribution in [3.8, 4) is 6.07 Å². The standard InChI is InChI=1S/C18H27N3/c1-17(2,3)16-7-5-15(6-8-16)13-18(4,14-19)21-11-9-20-10-12-21/h5-8,20H,9-13H2,1-4H3. The Morgan fingerprint density at radius 2 is 1.67 bits per heavy atom. The molecule has 21 heavy (non-hydrogen) atoms. The largest absolute Gasteiger partial charge is 0.314 e. The van der Waals surface area contributed by atoms with E-state index in [2.05, 4.69) is 68.2 Å². The van der Waals surface area contributed by atoms with Gasteiger partial charge in [-0.05, 0) is 23.5 Å². The molecule has 0 amide bonds. The van der Waals surface area contributed by atoms with Gasteiger partial charge in [-0.1, -0.05) is 45.0 Å². The van der Waals surface area contributed by atoms with Gasteiger partial charge >= 0.3 is 0 Å². The third-order valence-corrected chi connectivity index (χ3v) is 4.42. The molecule has 1 fully saturated rings. The Morgan fingerprint density at radius 1 is 1.10 bits per heavy atom. The Balaban J connectivity index is 2.13. The maximum absolute atomic E-state index is 9.67. The van der Waals surface area contributed by atoms with E-state index in [9.17, 15) is 5.26 Å². The molecule has 2 rings (SSSR count). The number of hydrogen-bond acceptors (Lipinski definition) is 3. The highest BCUT2D eigenvalue weighted by Crippen LogP contribution is 2.25. The topological polar surface area (TPSA) is 39.1 Å². The molecule has 1 aliphatic heterocycles. The number of nitrogens with one attached hydrogen (secondary N) is 1. The number of rotatable bonds is 3. The molecule has 1 saturated heterocycles. The van der Waals surface area contributed by atoms with E-state index < -0.39 is 5.54 Å². The van der Waals surface area contributed by atoms with E-state index in [0.717, 1.165) is 32.6 Å². The molecule has 0 bridgehead atoms. The van der Waals surface area contributed by atoms with Crippen molar-refractivity contribution in [3.63, 3.8) is 0 Å². The zero-order valence-corrected chi connectivity index (χ0v) is 13.7. The first kappa shape index (κ1) is 16.0. The summed E-state index contributed by atoms with van der Waals surface area (Å²) < 4.78 is 0. The van der Waals surface area contributed by atoms with Crippen LogP contribution in [0.15, 0.2) is 24.3 Å². The van der Waals surface area contributed by atoms with Crippen molar-refractivity contribution in [2.24, 2.45) is 0 Å². The number of nitrogens with zero attached hydrogens (tertiary/aromatic N) is 2. The smallest absolute Gasteiger partial charge is 0.110 e. The monoisotopic (exact) mass is 285 g/mol. The molecule has 3 nitrogen and oxygen atoms in total. The van der Waals surface area contributed by atoms with Crippen LogP contribution in [0.2, 0.25) is 0 Å². The molecule has 1 aliphatic rings. The predicted octanol–water partition coefficient (Wildman–Crippen LogP) is 2.71. The fourth-order valence-electron chi connectivity index (χ4n) is 2.90. The summed E-state index contributed by atoms with van der Waals surface area (Å²) in [4.78, 5) is 2.31. The molecule has 114 valence electrons. The van der Waals surface area contributed by atoms with Crippen LogP contribution < -0.4 is 5.32 Å². The Morgan fingerprint density at radius 3 is 2.14 bits per heavy atom. The molecule has 0 saturated carbocycles. The maximum atomic E-state index is 9.67. The van der Waals surface area contributed by atoms with Crippen LogP contribution in [0.1, 0.15) is 38.8 Å². The highest BCUT2D eigenvalue weighted by atomic mass is 15.2. The van der Waals surface area contributed by atoms with E-state index in [1.54, 1.807) is 0 Å². The van der Waals surface area contributed by atoms with Gasteiger partial charge in [0.1, 0.15) is 5.54 Å². The summed E-state index contributed by atoms with van der Waals surface area (Å²) in [5.74, 6) is 0. The highest BCUT2D eigenvalue weighted by molar-refractivity contribution is 5.29. The van der Waals surface area contributed by atoms with Gasteiger partial charge in [-0.15, -0.1) is 0 Å². The minimum Gasteiger partial charge on any atom is -0.314 e. The molecule has 1 unspecified atom stereocenters. The average Bonchev–Trinajstić information content (AvgIpc) is 2.47. The fraction of sp³-hybridized carbons (Fsp3) is 0.611. The first-order valence-electron chi connectivity index (χ1n) is 7.82. The second-order valence-electron chi connectivity index (χ2n) is 7.25.